The number of benzene rings is 5. The molecule has 5 aromatic carbocycles. The average molecular weight is 551 g/mol. The molecule has 0 spiro atoms. The Hall–Kier alpha value is -5.16. The Bertz CT molecular complexity index is 2030. The number of rotatable bonds is 6. The van der Waals surface area contributed by atoms with E-state index < -0.39 is 0 Å². The van der Waals surface area contributed by atoms with Gasteiger partial charge in [0, 0.05) is 59.6 Å². The number of hydrogen-bond acceptors (Lipinski definition) is 4. The van der Waals surface area contributed by atoms with Gasteiger partial charge in [0.05, 0.1) is 11.4 Å². The van der Waals surface area contributed by atoms with Crippen molar-refractivity contribution >= 4 is 50.9 Å². The first-order valence-corrected chi connectivity index (χ1v) is 14.2. The minimum atomic E-state index is 0.147. The molecule has 0 aliphatic rings. The van der Waals surface area contributed by atoms with Crippen molar-refractivity contribution in [2.75, 3.05) is 19.0 Å². The third kappa shape index (κ3) is 5.41. The number of phenolic OH excluding ortho intramolecular Hbond substituents is 1. The number of hydrogen-bond donors (Lipinski definition) is 1. The molecule has 1 aromatic heterocycles. The van der Waals surface area contributed by atoms with Crippen LogP contribution in [-0.4, -0.2) is 23.8 Å². The lowest BCUT2D eigenvalue weighted by Crippen LogP contribution is -2.28. The van der Waals surface area contributed by atoms with Crippen LogP contribution in [0.4, 0.5) is 17.1 Å². The van der Waals surface area contributed by atoms with E-state index in [1.54, 1.807) is 6.07 Å². The largest absolute Gasteiger partial charge is 0.508 e. The third-order valence-electron chi connectivity index (χ3n) is 7.86. The van der Waals surface area contributed by atoms with E-state index in [4.69, 9.17) is 0 Å². The Morgan fingerprint density at radius 2 is 1.52 bits per heavy atom. The second-order valence-electron chi connectivity index (χ2n) is 10.9. The van der Waals surface area contributed by atoms with E-state index in [9.17, 15) is 5.11 Å². The molecule has 1 heterocycles. The first kappa shape index (κ1) is 27.0. The normalized spacial score (nSPS) is 13.4. The summed E-state index contributed by atoms with van der Waals surface area (Å²) in [5, 5.41) is 24.8. The molecule has 1 atom stereocenters. The highest BCUT2D eigenvalue weighted by Crippen LogP contribution is 2.28. The number of nitrogens with zero attached hydrogens (tertiary/aromatic N) is 4. The highest BCUT2D eigenvalue weighted by atomic mass is 16.3. The number of aromatic nitrogens is 1. The van der Waals surface area contributed by atoms with Crippen molar-refractivity contribution in [3.05, 3.63) is 131 Å². The number of phenols is 1. The highest BCUT2D eigenvalue weighted by molar-refractivity contribution is 5.92. The molecule has 0 aliphatic heterocycles. The lowest BCUT2D eigenvalue weighted by molar-refractivity contribution is 0.476. The van der Waals surface area contributed by atoms with Crippen molar-refractivity contribution in [2.45, 2.75) is 12.8 Å². The quantitative estimate of drug-likeness (QED) is 0.214. The monoisotopic (exact) mass is 550 g/mol. The van der Waals surface area contributed by atoms with E-state index in [0.717, 1.165) is 54.9 Å². The zero-order chi connectivity index (χ0) is 29.2. The molecule has 1 unspecified atom stereocenters. The van der Waals surface area contributed by atoms with Crippen LogP contribution in [-0.2, 0) is 7.05 Å². The van der Waals surface area contributed by atoms with E-state index >= 15 is 0 Å². The molecule has 0 radical (unpaired) electrons. The number of aryl methyl sites for hydroxylation is 1. The van der Waals surface area contributed by atoms with Crippen molar-refractivity contribution in [3.63, 3.8) is 0 Å². The maximum Gasteiger partial charge on any atom is 0.116 e. The zero-order valence-corrected chi connectivity index (χ0v) is 24.4. The summed E-state index contributed by atoms with van der Waals surface area (Å²) in [6.07, 6.45) is 4.50. The van der Waals surface area contributed by atoms with Gasteiger partial charge in [-0.25, -0.2) is 0 Å². The Morgan fingerprint density at radius 3 is 2.29 bits per heavy atom. The molecule has 1 N–H and O–H groups in total. The molecular formula is C37H34N4O. The lowest BCUT2D eigenvalue weighted by atomic mass is 10.00. The molecule has 0 saturated heterocycles. The maximum atomic E-state index is 10.3. The van der Waals surface area contributed by atoms with Crippen molar-refractivity contribution in [2.24, 2.45) is 17.3 Å². The second kappa shape index (κ2) is 11.4. The summed E-state index contributed by atoms with van der Waals surface area (Å²) in [5.74, 6) is 0.410. The highest BCUT2D eigenvalue weighted by Gasteiger charge is 2.10. The van der Waals surface area contributed by atoms with Crippen molar-refractivity contribution < 1.29 is 5.11 Å². The van der Waals surface area contributed by atoms with Gasteiger partial charge in [-0.3, -0.25) is 0 Å². The van der Waals surface area contributed by atoms with Gasteiger partial charge in [0.1, 0.15) is 5.75 Å². The predicted octanol–water partition coefficient (Wildman–Crippen LogP) is 7.93. The molecule has 0 saturated carbocycles. The van der Waals surface area contributed by atoms with Gasteiger partial charge in [-0.15, -0.1) is 5.11 Å². The van der Waals surface area contributed by atoms with Gasteiger partial charge >= 0.3 is 0 Å². The van der Waals surface area contributed by atoms with Crippen molar-refractivity contribution in [1.29, 1.82) is 0 Å². The Kier molecular flexibility index (Phi) is 7.32. The minimum absolute atomic E-state index is 0.147. The van der Waals surface area contributed by atoms with Crippen molar-refractivity contribution in [1.82, 2.24) is 4.57 Å². The standard InChI is InChI=1S/C37H34N4O/c1-25(27-14-16-29(17-15-27)38-39-35-11-7-9-28-8-5-6-10-32(28)35)22-37-33(23-26-12-18-30(19-13-26)40(2)3)34-24-31(42)20-21-36(34)41(37)4/h5-25,42H,1-4H3/b33-23-,37-22-,39-38+. The summed E-state index contributed by atoms with van der Waals surface area (Å²) in [4.78, 5) is 2.09. The first-order valence-electron chi connectivity index (χ1n) is 14.2. The van der Waals surface area contributed by atoms with E-state index in [1.165, 1.54) is 5.56 Å². The molecule has 208 valence electrons. The van der Waals surface area contributed by atoms with Gasteiger partial charge in [0.25, 0.3) is 0 Å². The van der Waals surface area contributed by atoms with Crippen LogP contribution in [0.3, 0.4) is 0 Å². The fourth-order valence-electron chi connectivity index (χ4n) is 5.45. The van der Waals surface area contributed by atoms with Crippen LogP contribution in [0, 0.1) is 0 Å². The molecule has 42 heavy (non-hydrogen) atoms. The summed E-state index contributed by atoms with van der Waals surface area (Å²) in [6.45, 7) is 2.21. The minimum Gasteiger partial charge on any atom is -0.508 e. The summed E-state index contributed by atoms with van der Waals surface area (Å²) in [6, 6.07) is 36.7. The molecule has 0 aliphatic carbocycles. The van der Waals surface area contributed by atoms with Gasteiger partial charge in [0.2, 0.25) is 0 Å². The second-order valence-corrected chi connectivity index (χ2v) is 10.9. The number of anilines is 1. The fraction of sp³-hybridized carbons (Fsp3) is 0.135. The SMILES string of the molecule is CC(/C=c1/c(=C\c2ccc(N(C)C)cc2)c2cc(O)ccc2n1C)c1ccc(/N=N/c2cccc3ccccc23)cc1. The van der Waals surface area contributed by atoms with E-state index in [1.807, 2.05) is 62.6 Å². The van der Waals surface area contributed by atoms with E-state index in [0.29, 0.717) is 0 Å². The Labute approximate surface area is 246 Å². The van der Waals surface area contributed by atoms with Crippen LogP contribution < -0.4 is 15.5 Å². The molecular weight excluding hydrogens is 516 g/mol. The average Bonchev–Trinajstić information content (AvgIpc) is 3.25. The summed E-state index contributed by atoms with van der Waals surface area (Å²) in [7, 11) is 6.17. The molecule has 5 heteroatoms. The van der Waals surface area contributed by atoms with Crippen LogP contribution in [0.1, 0.15) is 24.0 Å². The molecule has 6 aromatic rings. The van der Waals surface area contributed by atoms with Crippen LogP contribution in [0.2, 0.25) is 0 Å². The Morgan fingerprint density at radius 1 is 0.786 bits per heavy atom. The molecule has 5 nitrogen and oxygen atoms in total. The first-order chi connectivity index (χ1) is 20.4. The summed E-state index contributed by atoms with van der Waals surface area (Å²) < 4.78 is 2.21. The molecule has 0 amide bonds. The van der Waals surface area contributed by atoms with Gasteiger partial charge in [-0.2, -0.15) is 5.11 Å². The summed E-state index contributed by atoms with van der Waals surface area (Å²) >= 11 is 0. The maximum absolute atomic E-state index is 10.3. The summed E-state index contributed by atoms with van der Waals surface area (Å²) in [5.41, 5.74) is 6.21. The van der Waals surface area contributed by atoms with Crippen LogP contribution in [0.15, 0.2) is 119 Å². The molecule has 0 bridgehead atoms. The van der Waals surface area contributed by atoms with Gasteiger partial charge < -0.3 is 14.6 Å². The van der Waals surface area contributed by atoms with Crippen molar-refractivity contribution in [3.8, 4) is 5.75 Å². The number of azo groups is 1. The van der Waals surface area contributed by atoms with E-state index in [2.05, 4.69) is 100 Å². The lowest BCUT2D eigenvalue weighted by Gasteiger charge is -2.11. The molecule has 6 rings (SSSR count). The Balaban J connectivity index is 1.35. The fourth-order valence-corrected chi connectivity index (χ4v) is 5.45. The smallest absolute Gasteiger partial charge is 0.116 e. The van der Waals surface area contributed by atoms with Gasteiger partial charge in [-0.1, -0.05) is 73.7 Å². The van der Waals surface area contributed by atoms with Crippen LogP contribution >= 0.6 is 0 Å². The molecule has 0 fully saturated rings. The van der Waals surface area contributed by atoms with Crippen LogP contribution in [0.5, 0.6) is 5.75 Å². The number of fused-ring (bicyclic) bond motifs is 2. The van der Waals surface area contributed by atoms with Crippen LogP contribution in [0.25, 0.3) is 33.8 Å². The topological polar surface area (TPSA) is 53.1 Å². The van der Waals surface area contributed by atoms with E-state index in [-0.39, 0.29) is 11.7 Å². The van der Waals surface area contributed by atoms with Gasteiger partial charge in [0.15, 0.2) is 0 Å². The predicted molar refractivity (Wildman–Crippen MR) is 176 cm³/mol. The third-order valence-corrected chi connectivity index (χ3v) is 7.86. The zero-order valence-electron chi connectivity index (χ0n) is 24.4. The number of aromatic hydroxyl groups is 1. The van der Waals surface area contributed by atoms with Gasteiger partial charge in [-0.05, 0) is 71.1 Å².